The third-order valence-corrected chi connectivity index (χ3v) is 2.35. The maximum absolute atomic E-state index is 11.5. The van der Waals surface area contributed by atoms with Gasteiger partial charge in [-0.15, -0.1) is 0 Å². The van der Waals surface area contributed by atoms with Gasteiger partial charge in [0.1, 0.15) is 6.04 Å². The van der Waals surface area contributed by atoms with Crippen molar-refractivity contribution in [3.05, 3.63) is 0 Å². The zero-order chi connectivity index (χ0) is 10.7. The lowest BCUT2D eigenvalue weighted by molar-refractivity contribution is -0.148. The van der Waals surface area contributed by atoms with Crippen molar-refractivity contribution in [3.8, 4) is 0 Å². The molecule has 0 spiro atoms. The molecule has 0 aliphatic carbocycles. The molecule has 1 fully saturated rings. The fourth-order valence-electron chi connectivity index (χ4n) is 1.68. The van der Waals surface area contributed by atoms with Crippen LogP contribution in [-0.4, -0.2) is 45.7 Å². The molecule has 0 aromatic rings. The van der Waals surface area contributed by atoms with E-state index in [2.05, 4.69) is 0 Å². The second-order valence-corrected chi connectivity index (χ2v) is 3.54. The van der Waals surface area contributed by atoms with Crippen LogP contribution in [0.2, 0.25) is 0 Å². The Bertz CT molecular complexity index is 241. The number of carboxylic acids is 1. The minimum absolute atomic E-state index is 0.144. The van der Waals surface area contributed by atoms with Crippen molar-refractivity contribution in [2.45, 2.75) is 38.3 Å². The molecule has 1 aliphatic heterocycles. The number of aliphatic hydroxyl groups is 1. The Labute approximate surface area is 82.3 Å². The van der Waals surface area contributed by atoms with Gasteiger partial charge < -0.3 is 15.1 Å². The van der Waals surface area contributed by atoms with E-state index in [0.29, 0.717) is 12.8 Å². The van der Waals surface area contributed by atoms with Gasteiger partial charge in [-0.05, 0) is 6.42 Å². The Balaban J connectivity index is 2.66. The van der Waals surface area contributed by atoms with Crippen molar-refractivity contribution >= 4 is 11.9 Å². The first-order valence-electron chi connectivity index (χ1n) is 4.76. The van der Waals surface area contributed by atoms with Crippen molar-refractivity contribution in [2.24, 2.45) is 0 Å². The maximum atomic E-state index is 11.5. The van der Waals surface area contributed by atoms with Crippen LogP contribution in [0.25, 0.3) is 0 Å². The molecule has 1 amide bonds. The van der Waals surface area contributed by atoms with Crippen LogP contribution in [0.4, 0.5) is 0 Å². The van der Waals surface area contributed by atoms with Gasteiger partial charge in [-0.2, -0.15) is 0 Å². The second-order valence-electron chi connectivity index (χ2n) is 3.54. The Morgan fingerprint density at radius 3 is 2.64 bits per heavy atom. The number of aliphatic hydroxyl groups excluding tert-OH is 1. The quantitative estimate of drug-likeness (QED) is 0.664. The highest BCUT2D eigenvalue weighted by atomic mass is 16.4. The number of hydrogen-bond acceptors (Lipinski definition) is 3. The van der Waals surface area contributed by atoms with E-state index in [9.17, 15) is 14.7 Å². The molecule has 2 N–H and O–H groups in total. The highest BCUT2D eigenvalue weighted by molar-refractivity contribution is 5.84. The van der Waals surface area contributed by atoms with Gasteiger partial charge in [0.05, 0.1) is 6.10 Å². The van der Waals surface area contributed by atoms with Crippen LogP contribution in [0.1, 0.15) is 26.2 Å². The van der Waals surface area contributed by atoms with Crippen LogP contribution in [0.5, 0.6) is 0 Å². The number of aliphatic carboxylic acids is 1. The zero-order valence-electron chi connectivity index (χ0n) is 8.14. The van der Waals surface area contributed by atoms with Gasteiger partial charge in [0.2, 0.25) is 5.91 Å². The van der Waals surface area contributed by atoms with E-state index in [-0.39, 0.29) is 18.9 Å². The summed E-state index contributed by atoms with van der Waals surface area (Å²) in [4.78, 5) is 23.5. The highest BCUT2D eigenvalue weighted by Crippen LogP contribution is 2.19. The molecule has 0 aromatic carbocycles. The number of carbonyl (C=O) groups is 2. The lowest BCUT2D eigenvalue weighted by Gasteiger charge is -2.20. The molecule has 0 saturated carbocycles. The number of nitrogens with zero attached hydrogens (tertiary/aromatic N) is 1. The summed E-state index contributed by atoms with van der Waals surface area (Å²) in [6, 6.07) is -0.843. The van der Waals surface area contributed by atoms with Crippen molar-refractivity contribution in [2.75, 3.05) is 6.54 Å². The van der Waals surface area contributed by atoms with Crippen LogP contribution in [-0.2, 0) is 9.59 Å². The first kappa shape index (κ1) is 11.0. The smallest absolute Gasteiger partial charge is 0.326 e. The molecule has 14 heavy (non-hydrogen) atoms. The molecule has 1 unspecified atom stereocenters. The summed E-state index contributed by atoms with van der Waals surface area (Å²) in [7, 11) is 0. The number of carbonyl (C=O) groups excluding carboxylic acids is 1. The lowest BCUT2D eigenvalue weighted by atomic mass is 10.2. The molecular weight excluding hydrogens is 186 g/mol. The van der Waals surface area contributed by atoms with E-state index in [1.165, 1.54) is 4.90 Å². The molecule has 5 nitrogen and oxygen atoms in total. The van der Waals surface area contributed by atoms with E-state index >= 15 is 0 Å². The Morgan fingerprint density at radius 1 is 1.50 bits per heavy atom. The molecule has 1 heterocycles. The van der Waals surface area contributed by atoms with Crippen molar-refractivity contribution in [3.63, 3.8) is 0 Å². The minimum atomic E-state index is -1.04. The molecule has 2 atom stereocenters. The summed E-state index contributed by atoms with van der Waals surface area (Å²) < 4.78 is 0. The van der Waals surface area contributed by atoms with Gasteiger partial charge in [0, 0.05) is 19.4 Å². The topological polar surface area (TPSA) is 77.8 Å². The SMILES string of the molecule is CCCC(=O)N1CC(O)C[C@@H]1C(=O)O. The zero-order valence-corrected chi connectivity index (χ0v) is 8.14. The third kappa shape index (κ3) is 2.23. The molecule has 1 rings (SSSR count). The summed E-state index contributed by atoms with van der Waals surface area (Å²) in [5, 5.41) is 18.1. The Kier molecular flexibility index (Phi) is 3.46. The number of carboxylic acid groups (broad SMARTS) is 1. The fourth-order valence-corrected chi connectivity index (χ4v) is 1.68. The monoisotopic (exact) mass is 201 g/mol. The molecule has 0 bridgehead atoms. The van der Waals surface area contributed by atoms with Crippen molar-refractivity contribution < 1.29 is 19.8 Å². The largest absolute Gasteiger partial charge is 0.480 e. The van der Waals surface area contributed by atoms with Crippen molar-refractivity contribution in [1.29, 1.82) is 0 Å². The number of amides is 1. The third-order valence-electron chi connectivity index (χ3n) is 2.35. The predicted octanol–water partition coefficient (Wildman–Crippen LogP) is -0.167. The Morgan fingerprint density at radius 2 is 2.14 bits per heavy atom. The van der Waals surface area contributed by atoms with Gasteiger partial charge in [-0.3, -0.25) is 4.79 Å². The molecule has 80 valence electrons. The molecule has 0 aromatic heterocycles. The Hall–Kier alpha value is -1.10. The molecule has 0 radical (unpaired) electrons. The maximum Gasteiger partial charge on any atom is 0.326 e. The summed E-state index contributed by atoms with van der Waals surface area (Å²) >= 11 is 0. The number of hydrogen-bond donors (Lipinski definition) is 2. The summed E-state index contributed by atoms with van der Waals surface area (Å²) in [6.07, 6.45) is 0.482. The van der Waals surface area contributed by atoms with Gasteiger partial charge in [0.25, 0.3) is 0 Å². The average molecular weight is 201 g/mol. The van der Waals surface area contributed by atoms with Crippen LogP contribution in [0.15, 0.2) is 0 Å². The molecular formula is C9H15NO4. The van der Waals surface area contributed by atoms with E-state index in [1.807, 2.05) is 6.92 Å². The minimum Gasteiger partial charge on any atom is -0.480 e. The van der Waals surface area contributed by atoms with Gasteiger partial charge >= 0.3 is 5.97 Å². The normalized spacial score (nSPS) is 26.6. The van der Waals surface area contributed by atoms with Crippen LogP contribution >= 0.6 is 0 Å². The van der Waals surface area contributed by atoms with Gasteiger partial charge in [-0.25, -0.2) is 4.79 Å². The lowest BCUT2D eigenvalue weighted by Crippen LogP contribution is -2.40. The first-order chi connectivity index (χ1) is 6.56. The van der Waals surface area contributed by atoms with Gasteiger partial charge in [-0.1, -0.05) is 6.92 Å². The van der Waals surface area contributed by atoms with E-state index in [4.69, 9.17) is 5.11 Å². The first-order valence-corrected chi connectivity index (χ1v) is 4.76. The second kappa shape index (κ2) is 4.41. The van der Waals surface area contributed by atoms with Gasteiger partial charge in [0.15, 0.2) is 0 Å². The summed E-state index contributed by atoms with van der Waals surface area (Å²) in [6.45, 7) is 2.01. The summed E-state index contributed by atoms with van der Waals surface area (Å²) in [5.41, 5.74) is 0. The number of likely N-dealkylation sites (tertiary alicyclic amines) is 1. The van der Waals surface area contributed by atoms with E-state index in [0.717, 1.165) is 0 Å². The summed E-state index contributed by atoms with van der Waals surface area (Å²) in [5.74, 6) is -1.22. The molecule has 1 saturated heterocycles. The standard InChI is InChI=1S/C9H15NO4/c1-2-3-8(12)10-5-6(11)4-7(10)9(13)14/h6-7,11H,2-5H2,1H3,(H,13,14)/t6?,7-/m1/s1. The highest BCUT2D eigenvalue weighted by Gasteiger charge is 2.38. The predicted molar refractivity (Wildman–Crippen MR) is 48.7 cm³/mol. The molecule has 1 aliphatic rings. The fraction of sp³-hybridized carbons (Fsp3) is 0.778. The van der Waals surface area contributed by atoms with Crippen LogP contribution < -0.4 is 0 Å². The van der Waals surface area contributed by atoms with Crippen LogP contribution in [0, 0.1) is 0 Å². The van der Waals surface area contributed by atoms with E-state index < -0.39 is 18.1 Å². The van der Waals surface area contributed by atoms with Crippen molar-refractivity contribution in [1.82, 2.24) is 4.90 Å². The number of β-amino-alcohol motifs (C(OH)–C–C–N with tert-alkyl or cyclic N) is 1. The molecule has 5 heteroatoms. The van der Waals surface area contributed by atoms with E-state index in [1.54, 1.807) is 0 Å². The average Bonchev–Trinajstić information content (AvgIpc) is 2.48. The number of rotatable bonds is 3. The van der Waals surface area contributed by atoms with Crippen LogP contribution in [0.3, 0.4) is 0 Å².